The summed E-state index contributed by atoms with van der Waals surface area (Å²) in [5, 5.41) is 16.4. The van der Waals surface area contributed by atoms with Crippen molar-refractivity contribution in [2.75, 3.05) is 26.2 Å². The van der Waals surface area contributed by atoms with Gasteiger partial charge >= 0.3 is 6.03 Å². The van der Waals surface area contributed by atoms with Crippen LogP contribution in [0.2, 0.25) is 0 Å². The molecular formula is C33H52F2N8O4. The van der Waals surface area contributed by atoms with Crippen LogP contribution in [0.5, 0.6) is 0 Å². The Kier molecular flexibility index (Phi) is 10.1. The van der Waals surface area contributed by atoms with Crippen molar-refractivity contribution in [2.24, 2.45) is 17.8 Å². The predicted octanol–water partition coefficient (Wildman–Crippen LogP) is 0.987. The zero-order valence-corrected chi connectivity index (χ0v) is 27.8. The number of carbonyl (C=O) groups is 4. The number of halogens is 2. The third-order valence-corrected chi connectivity index (χ3v) is 11.6. The minimum Gasteiger partial charge on any atom is -0.353 e. The monoisotopic (exact) mass is 662 g/mol. The number of piperidine rings is 2. The zero-order valence-electron chi connectivity index (χ0n) is 27.8. The summed E-state index contributed by atoms with van der Waals surface area (Å²) in [6.45, 7) is 11.8. The lowest BCUT2D eigenvalue weighted by molar-refractivity contribution is -0.133. The Labute approximate surface area is 276 Å². The minimum atomic E-state index is -1.43. The Morgan fingerprint density at radius 3 is 2.36 bits per heavy atom. The molecule has 11 unspecified atom stereocenters. The van der Waals surface area contributed by atoms with Crippen LogP contribution in [0.15, 0.2) is 12.7 Å². The van der Waals surface area contributed by atoms with Crippen LogP contribution in [0.3, 0.4) is 0 Å². The second kappa shape index (κ2) is 13.9. The van der Waals surface area contributed by atoms with E-state index < -0.39 is 60.7 Å². The first-order valence-electron chi connectivity index (χ1n) is 17.6. The molecule has 5 N–H and O–H groups in total. The van der Waals surface area contributed by atoms with Gasteiger partial charge in [0.25, 0.3) is 0 Å². The van der Waals surface area contributed by atoms with Crippen molar-refractivity contribution in [1.29, 1.82) is 0 Å². The second-order valence-electron chi connectivity index (χ2n) is 14.8. The number of piperazine rings is 1. The third kappa shape index (κ3) is 6.61. The average molecular weight is 663 g/mol. The van der Waals surface area contributed by atoms with E-state index in [0.29, 0.717) is 45.4 Å². The van der Waals surface area contributed by atoms with Crippen molar-refractivity contribution in [3.8, 4) is 0 Å². The summed E-state index contributed by atoms with van der Waals surface area (Å²) >= 11 is 0. The van der Waals surface area contributed by atoms with Crippen LogP contribution in [0.4, 0.5) is 13.6 Å². The van der Waals surface area contributed by atoms with Crippen molar-refractivity contribution >= 4 is 23.8 Å². The molecule has 5 amide bonds. The van der Waals surface area contributed by atoms with Crippen LogP contribution in [0.1, 0.15) is 65.7 Å². The molecule has 5 saturated heterocycles. The van der Waals surface area contributed by atoms with E-state index in [4.69, 9.17) is 0 Å². The van der Waals surface area contributed by atoms with Gasteiger partial charge in [0, 0.05) is 68.5 Å². The Morgan fingerprint density at radius 1 is 0.957 bits per heavy atom. The number of carbonyl (C=O) groups excluding carboxylic acids is 4. The molecule has 47 heavy (non-hydrogen) atoms. The summed E-state index contributed by atoms with van der Waals surface area (Å²) in [6, 6.07) is -3.03. The molecule has 6 rings (SSSR count). The van der Waals surface area contributed by atoms with Gasteiger partial charge in [-0.05, 0) is 57.6 Å². The standard InChI is InChI=1S/C33H52F2N8O4/c1-5-26(46)41-13-14-42(18(4)16-41)31-19-15-21(35)29-27-20(34)7-6-8-22(27)37-24(44)9-10-25(45)38-23-11-12-36-28(17(2)3)30(23)43(32(19)39-29)33(47)40-31/h5,17-23,27-32,36,39H,1,6-16H2,2-4H3,(H,37,44)(H,38,45)(H,40,47)/t18-,19?,20?,21?,22?,23?,27?,28?,29?,30?,31?,32?/m0/s1. The molecule has 2 bridgehead atoms. The molecule has 5 aliphatic heterocycles. The quantitative estimate of drug-likeness (QED) is 0.284. The highest BCUT2D eigenvalue weighted by atomic mass is 19.1. The average Bonchev–Trinajstić information content (AvgIpc) is 3.03. The molecule has 12 nitrogen and oxygen atoms in total. The first-order chi connectivity index (χ1) is 22.5. The van der Waals surface area contributed by atoms with Crippen molar-refractivity contribution < 1.29 is 28.0 Å². The van der Waals surface area contributed by atoms with E-state index >= 15 is 8.78 Å². The fraction of sp³-hybridized carbons (Fsp3) is 0.818. The van der Waals surface area contributed by atoms with Crippen LogP contribution in [-0.4, -0.2) is 126 Å². The summed E-state index contributed by atoms with van der Waals surface area (Å²) in [5.74, 6) is -1.91. The van der Waals surface area contributed by atoms with Gasteiger partial charge in [0.1, 0.15) is 12.3 Å². The SMILES string of the molecule is C=CC(=O)N1CCN(C2NC(=O)N3C4NC(C(F)CC42)C2C(F)CCCC2NC(=O)CCC(=O)NC2CCNC(C(C)C)C23)[C@@H](C)C1. The number of rotatable bonds is 3. The van der Waals surface area contributed by atoms with Crippen molar-refractivity contribution in [3.05, 3.63) is 12.7 Å². The van der Waals surface area contributed by atoms with Gasteiger partial charge in [0.15, 0.2) is 0 Å². The molecule has 1 aliphatic carbocycles. The van der Waals surface area contributed by atoms with Crippen molar-refractivity contribution in [3.63, 3.8) is 0 Å². The maximum absolute atomic E-state index is 16.7. The second-order valence-corrected chi connectivity index (χ2v) is 14.8. The Hall–Kier alpha value is -2.84. The lowest BCUT2D eigenvalue weighted by Crippen LogP contribution is -2.81. The summed E-state index contributed by atoms with van der Waals surface area (Å²) in [6.07, 6.45) is -0.719. The third-order valence-electron chi connectivity index (χ3n) is 11.6. The molecule has 12 atom stereocenters. The fourth-order valence-corrected chi connectivity index (χ4v) is 9.40. The highest BCUT2D eigenvalue weighted by molar-refractivity contribution is 5.87. The molecule has 14 heteroatoms. The number of amides is 5. The maximum Gasteiger partial charge on any atom is 0.320 e. The number of urea groups is 1. The highest BCUT2D eigenvalue weighted by Crippen LogP contribution is 2.41. The Bertz CT molecular complexity index is 1230. The summed E-state index contributed by atoms with van der Waals surface area (Å²) in [4.78, 5) is 58.9. The van der Waals surface area contributed by atoms with Crippen LogP contribution in [0, 0.1) is 17.8 Å². The van der Waals surface area contributed by atoms with E-state index in [9.17, 15) is 19.2 Å². The molecule has 0 aromatic carbocycles. The highest BCUT2D eigenvalue weighted by Gasteiger charge is 2.57. The van der Waals surface area contributed by atoms with Crippen molar-refractivity contribution in [2.45, 2.75) is 127 Å². The zero-order chi connectivity index (χ0) is 33.6. The molecule has 0 aromatic heterocycles. The van der Waals surface area contributed by atoms with Crippen LogP contribution in [-0.2, 0) is 14.4 Å². The van der Waals surface area contributed by atoms with E-state index in [1.165, 1.54) is 6.08 Å². The van der Waals surface area contributed by atoms with E-state index in [0.717, 1.165) is 0 Å². The van der Waals surface area contributed by atoms with Crippen LogP contribution in [0.25, 0.3) is 0 Å². The van der Waals surface area contributed by atoms with Gasteiger partial charge in [0.05, 0.1) is 24.4 Å². The largest absolute Gasteiger partial charge is 0.353 e. The van der Waals surface area contributed by atoms with Gasteiger partial charge in [-0.25, -0.2) is 13.6 Å². The maximum atomic E-state index is 16.7. The van der Waals surface area contributed by atoms with Gasteiger partial charge in [-0.15, -0.1) is 0 Å². The molecular weight excluding hydrogens is 610 g/mol. The molecule has 5 heterocycles. The number of nitrogens with one attached hydrogen (secondary N) is 5. The topological polar surface area (TPSA) is 138 Å². The number of alkyl halides is 2. The molecule has 6 aliphatic rings. The molecule has 0 radical (unpaired) electrons. The van der Waals surface area contributed by atoms with E-state index in [-0.39, 0.29) is 67.4 Å². The predicted molar refractivity (Wildman–Crippen MR) is 171 cm³/mol. The number of hydrogen-bond acceptors (Lipinski definition) is 7. The van der Waals surface area contributed by atoms with E-state index in [1.54, 1.807) is 9.80 Å². The lowest BCUT2D eigenvalue weighted by Gasteiger charge is -2.60. The van der Waals surface area contributed by atoms with Crippen LogP contribution < -0.4 is 26.6 Å². The van der Waals surface area contributed by atoms with E-state index in [2.05, 4.69) is 51.9 Å². The first-order valence-corrected chi connectivity index (χ1v) is 17.6. The smallest absolute Gasteiger partial charge is 0.320 e. The summed E-state index contributed by atoms with van der Waals surface area (Å²) < 4.78 is 32.6. The molecule has 1 saturated carbocycles. The van der Waals surface area contributed by atoms with Gasteiger partial charge in [-0.3, -0.25) is 24.6 Å². The normalized spacial score (nSPS) is 41.9. The van der Waals surface area contributed by atoms with E-state index in [1.807, 2.05) is 6.92 Å². The van der Waals surface area contributed by atoms with Gasteiger partial charge in [-0.2, -0.15) is 0 Å². The number of nitrogens with zero attached hydrogens (tertiary/aromatic N) is 3. The van der Waals surface area contributed by atoms with Gasteiger partial charge in [-0.1, -0.05) is 20.4 Å². The first kappa shape index (κ1) is 34.0. The molecule has 0 spiro atoms. The molecule has 0 aromatic rings. The number of hydrogen-bond donors (Lipinski definition) is 5. The van der Waals surface area contributed by atoms with Crippen LogP contribution >= 0.6 is 0 Å². The van der Waals surface area contributed by atoms with Crippen molar-refractivity contribution in [1.82, 2.24) is 41.3 Å². The van der Waals surface area contributed by atoms with Gasteiger partial charge < -0.3 is 31.1 Å². The number of fused-ring (bicyclic) bond motifs is 5. The fourth-order valence-electron chi connectivity index (χ4n) is 9.40. The Morgan fingerprint density at radius 2 is 1.68 bits per heavy atom. The summed E-state index contributed by atoms with van der Waals surface area (Å²) in [7, 11) is 0. The lowest BCUT2D eigenvalue weighted by atomic mass is 9.72. The van der Waals surface area contributed by atoms with Gasteiger partial charge in [0.2, 0.25) is 17.7 Å². The molecule has 262 valence electrons. The summed E-state index contributed by atoms with van der Waals surface area (Å²) in [5.41, 5.74) is 0. The minimum absolute atomic E-state index is 0.0305. The molecule has 6 fully saturated rings. The Balaban J connectivity index is 1.41.